The van der Waals surface area contributed by atoms with Crippen molar-refractivity contribution in [2.45, 2.75) is 38.3 Å². The zero-order valence-electron chi connectivity index (χ0n) is 19.0. The summed E-state index contributed by atoms with van der Waals surface area (Å²) in [5.74, 6) is -0.605. The third-order valence-corrected chi connectivity index (χ3v) is 6.79. The van der Waals surface area contributed by atoms with Crippen LogP contribution in [-0.2, 0) is 11.2 Å². The van der Waals surface area contributed by atoms with Crippen LogP contribution in [0.4, 0.5) is 4.39 Å². The predicted octanol–water partition coefficient (Wildman–Crippen LogP) is 5.28. The number of fused-ring (bicyclic) bond motifs is 1. The van der Waals surface area contributed by atoms with Crippen molar-refractivity contribution in [3.05, 3.63) is 60.2 Å². The molecule has 7 heteroatoms. The zero-order chi connectivity index (χ0) is 23.2. The van der Waals surface area contributed by atoms with Crippen LogP contribution in [0.3, 0.4) is 0 Å². The Morgan fingerprint density at radius 1 is 1.36 bits per heavy atom. The van der Waals surface area contributed by atoms with Gasteiger partial charge in [0.25, 0.3) is 0 Å². The zero-order valence-corrected chi connectivity index (χ0v) is 19.0. The molecule has 0 unspecified atom stereocenters. The molecule has 1 N–H and O–H groups in total. The smallest absolute Gasteiger partial charge is 0.308 e. The Balaban J connectivity index is 1.34. The first-order valence-corrected chi connectivity index (χ1v) is 11.6. The van der Waals surface area contributed by atoms with E-state index >= 15 is 4.39 Å². The number of rotatable bonds is 10. The van der Waals surface area contributed by atoms with E-state index in [4.69, 9.17) is 9.15 Å². The molecule has 1 fully saturated rings. The second kappa shape index (κ2) is 10.8. The monoisotopic (exact) mass is 454 g/mol. The molecule has 0 bridgehead atoms. The molecule has 6 nitrogen and oxygen atoms in total. The largest absolute Gasteiger partial charge is 0.497 e. The van der Waals surface area contributed by atoms with E-state index in [-0.39, 0.29) is 5.92 Å². The number of hydrogen-bond donors (Lipinski definition) is 1. The number of aryl methyl sites for hydroxylation is 1. The van der Waals surface area contributed by atoms with Gasteiger partial charge in [-0.1, -0.05) is 0 Å². The number of carbonyl (C=O) groups is 1. The van der Waals surface area contributed by atoms with Crippen LogP contribution in [-0.4, -0.2) is 47.7 Å². The van der Waals surface area contributed by atoms with Gasteiger partial charge in [-0.2, -0.15) is 0 Å². The van der Waals surface area contributed by atoms with Crippen molar-refractivity contribution in [3.8, 4) is 5.75 Å². The van der Waals surface area contributed by atoms with E-state index in [0.29, 0.717) is 30.7 Å². The summed E-state index contributed by atoms with van der Waals surface area (Å²) in [5, 5.41) is 10.6. The highest BCUT2D eigenvalue weighted by Crippen LogP contribution is 2.35. The molecule has 0 radical (unpaired) electrons. The summed E-state index contributed by atoms with van der Waals surface area (Å²) in [6.07, 6.45) is 7.38. The first-order chi connectivity index (χ1) is 16.0. The minimum atomic E-state index is -1.18. The summed E-state index contributed by atoms with van der Waals surface area (Å²) in [6, 6.07) is 9.12. The molecular weight excluding hydrogens is 423 g/mol. The molecule has 3 heterocycles. The second-order valence-corrected chi connectivity index (χ2v) is 8.86. The highest BCUT2D eigenvalue weighted by Gasteiger charge is 2.34. The van der Waals surface area contributed by atoms with Crippen molar-refractivity contribution >= 4 is 16.9 Å². The fraction of sp³-hybridized carbons (Fsp3) is 0.462. The average molecular weight is 455 g/mol. The van der Waals surface area contributed by atoms with Crippen LogP contribution in [0.2, 0.25) is 0 Å². The standard InChI is InChI=1S/C26H31FN2O4/c1-32-20-5-7-25-22(15-20)21(8-11-28-25)24(27)6-4-19-9-13-29(16-23(19)26(30)31)12-2-3-18-10-14-33-17-18/h5,7-8,10-11,14-15,17,19,23-24H,2-4,6,9,12-13,16H2,1H3,(H,30,31)/t19-,23+,24-/m1/s1. The number of hydrogen-bond acceptors (Lipinski definition) is 5. The number of nitrogens with zero attached hydrogens (tertiary/aromatic N) is 2. The normalized spacial score (nSPS) is 20.1. The Bertz CT molecular complexity index is 1060. The summed E-state index contributed by atoms with van der Waals surface area (Å²) >= 11 is 0. The first-order valence-electron chi connectivity index (χ1n) is 11.6. The van der Waals surface area contributed by atoms with E-state index in [1.807, 2.05) is 24.3 Å². The minimum absolute atomic E-state index is 0.0199. The molecule has 1 aromatic carbocycles. The number of furan rings is 1. The number of halogens is 1. The quantitative estimate of drug-likeness (QED) is 0.449. The first kappa shape index (κ1) is 23.2. The van der Waals surface area contributed by atoms with Gasteiger partial charge in [0.15, 0.2) is 0 Å². The number of pyridine rings is 1. The van der Waals surface area contributed by atoms with Crippen molar-refractivity contribution in [3.63, 3.8) is 0 Å². The van der Waals surface area contributed by atoms with Crippen LogP contribution in [0.15, 0.2) is 53.5 Å². The molecule has 2 aromatic heterocycles. The topological polar surface area (TPSA) is 75.8 Å². The highest BCUT2D eigenvalue weighted by molar-refractivity contribution is 5.83. The molecule has 1 aliphatic rings. The number of ether oxygens (including phenoxy) is 1. The molecule has 1 saturated heterocycles. The summed E-state index contributed by atoms with van der Waals surface area (Å²) in [5.41, 5.74) is 2.47. The van der Waals surface area contributed by atoms with Gasteiger partial charge in [-0.05, 0) is 92.6 Å². The van der Waals surface area contributed by atoms with Crippen LogP contribution < -0.4 is 4.74 Å². The number of methoxy groups -OCH3 is 1. The van der Waals surface area contributed by atoms with Crippen molar-refractivity contribution in [1.29, 1.82) is 0 Å². The number of likely N-dealkylation sites (tertiary alicyclic amines) is 1. The van der Waals surface area contributed by atoms with Gasteiger partial charge >= 0.3 is 5.97 Å². The number of benzene rings is 1. The van der Waals surface area contributed by atoms with E-state index in [2.05, 4.69) is 9.88 Å². The Morgan fingerprint density at radius 2 is 2.24 bits per heavy atom. The third kappa shape index (κ3) is 5.71. The maximum atomic E-state index is 15.3. The number of carboxylic acids is 1. The molecule has 176 valence electrons. The van der Waals surface area contributed by atoms with Gasteiger partial charge < -0.3 is 19.2 Å². The predicted molar refractivity (Wildman–Crippen MR) is 124 cm³/mol. The number of aromatic nitrogens is 1. The van der Waals surface area contributed by atoms with Crippen LogP contribution in [0.5, 0.6) is 5.75 Å². The van der Waals surface area contributed by atoms with Gasteiger partial charge in [0.05, 0.1) is 31.1 Å². The molecule has 0 spiro atoms. The Hall–Kier alpha value is -2.93. The SMILES string of the molecule is COc1ccc2nccc([C@H](F)CC[C@@H]3CCN(CCCc4ccoc4)C[C@@H]3C(=O)O)c2c1. The fourth-order valence-electron chi connectivity index (χ4n) is 4.90. The van der Waals surface area contributed by atoms with Crippen LogP contribution in [0.25, 0.3) is 10.9 Å². The van der Waals surface area contributed by atoms with E-state index in [1.165, 1.54) is 0 Å². The molecule has 3 aromatic rings. The molecule has 3 atom stereocenters. The van der Waals surface area contributed by atoms with E-state index in [1.54, 1.807) is 31.9 Å². The van der Waals surface area contributed by atoms with E-state index < -0.39 is 18.1 Å². The lowest BCUT2D eigenvalue weighted by Gasteiger charge is -2.36. The van der Waals surface area contributed by atoms with Crippen LogP contribution in [0, 0.1) is 11.8 Å². The molecular formula is C26H31FN2O4. The Labute approximate surface area is 193 Å². The van der Waals surface area contributed by atoms with Gasteiger partial charge in [0.2, 0.25) is 0 Å². The number of alkyl halides is 1. The lowest BCUT2D eigenvalue weighted by molar-refractivity contribution is -0.146. The van der Waals surface area contributed by atoms with Gasteiger partial charge in [-0.3, -0.25) is 9.78 Å². The molecule has 0 saturated carbocycles. The maximum absolute atomic E-state index is 15.3. The van der Waals surface area contributed by atoms with E-state index in [9.17, 15) is 9.90 Å². The Morgan fingerprint density at radius 3 is 3.00 bits per heavy atom. The number of carboxylic acid groups (broad SMARTS) is 1. The van der Waals surface area contributed by atoms with Crippen molar-refractivity contribution in [2.24, 2.45) is 11.8 Å². The molecule has 0 amide bonds. The summed E-state index contributed by atoms with van der Waals surface area (Å²) < 4.78 is 25.7. The van der Waals surface area contributed by atoms with Crippen LogP contribution in [0.1, 0.15) is 43.0 Å². The van der Waals surface area contributed by atoms with Gasteiger partial charge in [-0.15, -0.1) is 0 Å². The molecule has 1 aliphatic heterocycles. The van der Waals surface area contributed by atoms with Crippen LogP contribution >= 0.6 is 0 Å². The summed E-state index contributed by atoms with van der Waals surface area (Å²) in [6.45, 7) is 2.24. The third-order valence-electron chi connectivity index (χ3n) is 6.79. The van der Waals surface area contributed by atoms with Crippen molar-refractivity contribution in [2.75, 3.05) is 26.7 Å². The number of piperidine rings is 1. The molecule has 0 aliphatic carbocycles. The average Bonchev–Trinajstić information content (AvgIpc) is 3.35. The minimum Gasteiger partial charge on any atom is -0.497 e. The fourth-order valence-corrected chi connectivity index (χ4v) is 4.90. The highest BCUT2D eigenvalue weighted by atomic mass is 19.1. The van der Waals surface area contributed by atoms with Crippen molar-refractivity contribution < 1.29 is 23.4 Å². The van der Waals surface area contributed by atoms with Gasteiger partial charge in [0, 0.05) is 18.1 Å². The van der Waals surface area contributed by atoms with Crippen molar-refractivity contribution in [1.82, 2.24) is 9.88 Å². The molecule has 33 heavy (non-hydrogen) atoms. The van der Waals surface area contributed by atoms with Gasteiger partial charge in [-0.25, -0.2) is 4.39 Å². The van der Waals surface area contributed by atoms with Gasteiger partial charge in [0.1, 0.15) is 11.9 Å². The summed E-state index contributed by atoms with van der Waals surface area (Å²) in [4.78, 5) is 18.5. The lowest BCUT2D eigenvalue weighted by Crippen LogP contribution is -2.44. The van der Waals surface area contributed by atoms with E-state index in [0.717, 1.165) is 48.8 Å². The second-order valence-electron chi connectivity index (χ2n) is 8.86. The lowest BCUT2D eigenvalue weighted by atomic mass is 9.81. The Kier molecular flexibility index (Phi) is 7.60. The maximum Gasteiger partial charge on any atom is 0.308 e. The number of aliphatic carboxylic acids is 1. The molecule has 4 rings (SSSR count). The summed E-state index contributed by atoms with van der Waals surface area (Å²) in [7, 11) is 1.58.